The normalized spacial score (nSPS) is 13.7. The first-order valence-corrected chi connectivity index (χ1v) is 6.90. The smallest absolute Gasteiger partial charge is 0.375 e. The predicted octanol–water partition coefficient (Wildman–Crippen LogP) is 3.86. The summed E-state index contributed by atoms with van der Waals surface area (Å²) >= 11 is 0. The highest BCUT2D eigenvalue weighted by Gasteiger charge is 2.49. The summed E-state index contributed by atoms with van der Waals surface area (Å²) in [7, 11) is -5.71. The Labute approximate surface area is 115 Å². The summed E-state index contributed by atoms with van der Waals surface area (Å²) in [6, 6.07) is 8.33. The van der Waals surface area contributed by atoms with Crippen molar-refractivity contribution < 1.29 is 25.8 Å². The van der Waals surface area contributed by atoms with E-state index < -0.39 is 21.4 Å². The Hall–Kier alpha value is -1.76. The summed E-state index contributed by atoms with van der Waals surface area (Å²) in [5.74, 6) is -0.409. The molecular weight excluding hydrogens is 293 g/mol. The maximum atomic E-state index is 12.4. The van der Waals surface area contributed by atoms with Gasteiger partial charge < -0.3 is 4.18 Å². The van der Waals surface area contributed by atoms with Gasteiger partial charge in [-0.25, -0.2) is 0 Å². The molecule has 0 bridgehead atoms. The molecule has 0 fully saturated rings. The fourth-order valence-electron chi connectivity index (χ4n) is 1.43. The number of hydrogen-bond acceptors (Lipinski definition) is 3. The van der Waals surface area contributed by atoms with Crippen LogP contribution in [0.3, 0.4) is 0 Å². The third-order valence-corrected chi connectivity index (χ3v) is 3.36. The minimum atomic E-state index is -5.71. The summed E-state index contributed by atoms with van der Waals surface area (Å²) in [5, 5.41) is 0. The van der Waals surface area contributed by atoms with Crippen LogP contribution >= 0.6 is 0 Å². The average Bonchev–Trinajstić information content (AvgIpc) is 2.34. The Balaban J connectivity index is 3.31. The molecule has 0 radical (unpaired) electrons. The highest BCUT2D eigenvalue weighted by molar-refractivity contribution is 7.87. The molecule has 0 N–H and O–H groups in total. The molecule has 3 nitrogen and oxygen atoms in total. The molecule has 1 rings (SSSR count). The van der Waals surface area contributed by atoms with Gasteiger partial charge in [-0.05, 0) is 25.0 Å². The van der Waals surface area contributed by atoms with Crippen molar-refractivity contribution in [3.63, 3.8) is 0 Å². The van der Waals surface area contributed by atoms with Crippen LogP contribution in [0.15, 0.2) is 48.2 Å². The van der Waals surface area contributed by atoms with Gasteiger partial charge in [0.15, 0.2) is 0 Å². The standard InChI is InChI=1S/C13H13F3O3S/c1-9(2)12(19-20(17,18)13(14,15)16)10(3)11-7-5-4-6-8-11/h4-8H,1H2,2-3H3/b12-10-. The molecular formula is C13H13F3O3S. The zero-order valence-electron chi connectivity index (χ0n) is 10.9. The van der Waals surface area contributed by atoms with Crippen molar-refractivity contribution in [2.45, 2.75) is 19.4 Å². The van der Waals surface area contributed by atoms with Crippen molar-refractivity contribution in [1.82, 2.24) is 0 Å². The molecule has 1 aromatic carbocycles. The Bertz CT molecular complexity index is 629. The van der Waals surface area contributed by atoms with Crippen LogP contribution in [0.4, 0.5) is 13.2 Å². The second kappa shape index (κ2) is 5.70. The molecule has 0 saturated carbocycles. The van der Waals surface area contributed by atoms with Crippen LogP contribution in [0, 0.1) is 0 Å². The second-order valence-electron chi connectivity index (χ2n) is 4.08. The molecule has 0 aliphatic heterocycles. The summed E-state index contributed by atoms with van der Waals surface area (Å²) < 4.78 is 63.4. The quantitative estimate of drug-likeness (QED) is 0.367. The van der Waals surface area contributed by atoms with Gasteiger partial charge in [-0.2, -0.15) is 21.6 Å². The highest BCUT2D eigenvalue weighted by atomic mass is 32.2. The lowest BCUT2D eigenvalue weighted by Gasteiger charge is -2.15. The van der Waals surface area contributed by atoms with E-state index in [9.17, 15) is 21.6 Å². The van der Waals surface area contributed by atoms with E-state index in [0.29, 0.717) is 5.56 Å². The SMILES string of the molecule is C=C(C)/C(OS(=O)(=O)C(F)(F)F)=C(\C)c1ccccc1. The van der Waals surface area contributed by atoms with E-state index in [1.165, 1.54) is 13.8 Å². The van der Waals surface area contributed by atoms with Gasteiger partial charge in [0.1, 0.15) is 5.76 Å². The van der Waals surface area contributed by atoms with E-state index in [2.05, 4.69) is 10.8 Å². The zero-order valence-corrected chi connectivity index (χ0v) is 11.7. The summed E-state index contributed by atoms with van der Waals surface area (Å²) in [6.45, 7) is 6.29. The van der Waals surface area contributed by atoms with Gasteiger partial charge in [0.2, 0.25) is 0 Å². The largest absolute Gasteiger partial charge is 0.534 e. The van der Waals surface area contributed by atoms with Crippen LogP contribution in [-0.2, 0) is 14.3 Å². The lowest BCUT2D eigenvalue weighted by Crippen LogP contribution is -2.25. The molecule has 0 aromatic heterocycles. The van der Waals surface area contributed by atoms with Gasteiger partial charge in [0, 0.05) is 5.57 Å². The van der Waals surface area contributed by atoms with Gasteiger partial charge in [-0.15, -0.1) is 0 Å². The molecule has 0 amide bonds. The van der Waals surface area contributed by atoms with Crippen LogP contribution in [0.2, 0.25) is 0 Å². The lowest BCUT2D eigenvalue weighted by molar-refractivity contribution is -0.0520. The molecule has 0 saturated heterocycles. The molecule has 110 valence electrons. The van der Waals surface area contributed by atoms with Gasteiger partial charge >= 0.3 is 15.6 Å². The van der Waals surface area contributed by atoms with Crippen LogP contribution in [0.5, 0.6) is 0 Å². The Morgan fingerprint density at radius 3 is 2.05 bits per heavy atom. The van der Waals surface area contributed by atoms with Crippen molar-refractivity contribution in [2.24, 2.45) is 0 Å². The average molecular weight is 306 g/mol. The molecule has 0 unspecified atom stereocenters. The molecule has 0 aliphatic rings. The van der Waals surface area contributed by atoms with Crippen molar-refractivity contribution in [3.05, 3.63) is 53.8 Å². The van der Waals surface area contributed by atoms with E-state index in [0.717, 1.165) is 0 Å². The van der Waals surface area contributed by atoms with Crippen molar-refractivity contribution in [3.8, 4) is 0 Å². The van der Waals surface area contributed by atoms with Gasteiger partial charge in [-0.3, -0.25) is 0 Å². The van der Waals surface area contributed by atoms with E-state index in [1.807, 2.05) is 0 Å². The van der Waals surface area contributed by atoms with E-state index in [-0.39, 0.29) is 11.1 Å². The third-order valence-electron chi connectivity index (χ3n) is 2.41. The summed E-state index contributed by atoms with van der Waals surface area (Å²) in [6.07, 6.45) is 0. The molecule has 7 heteroatoms. The Morgan fingerprint density at radius 2 is 1.65 bits per heavy atom. The van der Waals surface area contributed by atoms with Crippen LogP contribution in [0.1, 0.15) is 19.4 Å². The fourth-order valence-corrected chi connectivity index (χ4v) is 2.01. The van der Waals surface area contributed by atoms with E-state index >= 15 is 0 Å². The van der Waals surface area contributed by atoms with Crippen molar-refractivity contribution in [1.29, 1.82) is 0 Å². The molecule has 0 spiro atoms. The molecule has 1 aromatic rings. The number of alkyl halides is 3. The maximum absolute atomic E-state index is 12.4. The number of allylic oxidation sites excluding steroid dienone is 2. The minimum absolute atomic E-state index is 0.0826. The molecule has 0 atom stereocenters. The van der Waals surface area contributed by atoms with Gasteiger partial charge in [0.05, 0.1) is 0 Å². The van der Waals surface area contributed by atoms with E-state index in [1.54, 1.807) is 30.3 Å². The number of hydrogen-bond donors (Lipinski definition) is 0. The maximum Gasteiger partial charge on any atom is 0.534 e. The molecule has 0 aliphatic carbocycles. The molecule has 0 heterocycles. The Kier molecular flexibility index (Phi) is 4.65. The number of benzene rings is 1. The first-order chi connectivity index (χ1) is 9.06. The third kappa shape index (κ3) is 3.63. The predicted molar refractivity (Wildman–Crippen MR) is 69.9 cm³/mol. The topological polar surface area (TPSA) is 43.4 Å². The lowest BCUT2D eigenvalue weighted by atomic mass is 10.0. The van der Waals surface area contributed by atoms with Gasteiger partial charge in [0.25, 0.3) is 0 Å². The number of halogens is 3. The Morgan fingerprint density at radius 1 is 1.15 bits per heavy atom. The van der Waals surface area contributed by atoms with Gasteiger partial charge in [-0.1, -0.05) is 36.9 Å². The van der Waals surface area contributed by atoms with Crippen molar-refractivity contribution >= 4 is 15.7 Å². The van der Waals surface area contributed by atoms with Crippen LogP contribution in [-0.4, -0.2) is 13.9 Å². The fraction of sp³-hybridized carbons (Fsp3) is 0.231. The van der Waals surface area contributed by atoms with Crippen LogP contribution in [0.25, 0.3) is 5.57 Å². The minimum Gasteiger partial charge on any atom is -0.375 e. The summed E-state index contributed by atoms with van der Waals surface area (Å²) in [5.41, 5.74) is -4.60. The monoisotopic (exact) mass is 306 g/mol. The highest BCUT2D eigenvalue weighted by Crippen LogP contribution is 2.31. The first-order valence-electron chi connectivity index (χ1n) is 5.49. The van der Waals surface area contributed by atoms with Crippen LogP contribution < -0.4 is 0 Å². The van der Waals surface area contributed by atoms with Crippen molar-refractivity contribution in [2.75, 3.05) is 0 Å². The number of rotatable bonds is 4. The van der Waals surface area contributed by atoms with E-state index in [4.69, 9.17) is 0 Å². The summed E-state index contributed by atoms with van der Waals surface area (Å²) in [4.78, 5) is 0. The first kappa shape index (κ1) is 16.3. The second-order valence-corrected chi connectivity index (χ2v) is 5.62. The zero-order chi connectivity index (χ0) is 15.6. The molecule has 20 heavy (non-hydrogen) atoms.